The number of rotatable bonds is 8. The second-order valence-corrected chi connectivity index (χ2v) is 6.69. The number of aromatic nitrogens is 4. The van der Waals surface area contributed by atoms with Crippen molar-refractivity contribution >= 4 is 11.4 Å². The third-order valence-corrected chi connectivity index (χ3v) is 4.49. The van der Waals surface area contributed by atoms with E-state index in [0.29, 0.717) is 23.9 Å². The first-order chi connectivity index (χ1) is 14.0. The Kier molecular flexibility index (Phi) is 6.54. The molecule has 152 valence electrons. The molecule has 0 aliphatic carbocycles. The molecule has 0 aliphatic heterocycles. The Labute approximate surface area is 169 Å². The van der Waals surface area contributed by atoms with Crippen LogP contribution < -0.4 is 10.3 Å². The maximum atomic E-state index is 12.9. The first kappa shape index (κ1) is 20.4. The van der Waals surface area contributed by atoms with Crippen molar-refractivity contribution in [1.29, 1.82) is 0 Å². The fourth-order valence-corrected chi connectivity index (χ4v) is 2.95. The molecule has 0 fully saturated rings. The zero-order chi connectivity index (χ0) is 20.8. The molecular formula is C21H26N6O2. The van der Waals surface area contributed by atoms with Crippen LogP contribution in [0.1, 0.15) is 43.6 Å². The fraction of sp³-hybridized carbons (Fsp3) is 0.381. The van der Waals surface area contributed by atoms with E-state index in [9.17, 15) is 4.79 Å². The zero-order valence-electron chi connectivity index (χ0n) is 17.3. The Morgan fingerprint density at radius 2 is 1.86 bits per heavy atom. The van der Waals surface area contributed by atoms with Crippen molar-refractivity contribution < 1.29 is 4.74 Å². The molecule has 29 heavy (non-hydrogen) atoms. The maximum Gasteiger partial charge on any atom is 0.301 e. The molecule has 2 heterocycles. The highest BCUT2D eigenvalue weighted by atomic mass is 16.5. The lowest BCUT2D eigenvalue weighted by Gasteiger charge is -2.13. The molecule has 3 aromatic rings. The molecule has 0 atom stereocenters. The number of azo groups is 1. The summed E-state index contributed by atoms with van der Waals surface area (Å²) in [6.45, 7) is 8.22. The number of hydrogen-bond acceptors (Lipinski definition) is 6. The standard InChI is InChI=1S/C21H26N6O2/c1-5-7-13-17-14(3)22-21(23-19(17)29-6-2)27-20(28)18(15(4)26-27)25-24-16-11-9-8-10-12-16/h8-12,26H,5-7,13H2,1-4H3. The topological polar surface area (TPSA) is 97.5 Å². The van der Waals surface area contributed by atoms with E-state index < -0.39 is 0 Å². The van der Waals surface area contributed by atoms with Gasteiger partial charge in [0.05, 0.1) is 18.0 Å². The number of benzene rings is 1. The molecule has 8 nitrogen and oxygen atoms in total. The Hall–Kier alpha value is -3.29. The van der Waals surface area contributed by atoms with Gasteiger partial charge in [0, 0.05) is 11.3 Å². The Morgan fingerprint density at radius 1 is 1.10 bits per heavy atom. The van der Waals surface area contributed by atoms with Crippen LogP contribution in [-0.2, 0) is 6.42 Å². The van der Waals surface area contributed by atoms with Crippen molar-refractivity contribution in [2.75, 3.05) is 6.61 Å². The van der Waals surface area contributed by atoms with E-state index in [0.717, 1.165) is 30.5 Å². The summed E-state index contributed by atoms with van der Waals surface area (Å²) < 4.78 is 7.02. The summed E-state index contributed by atoms with van der Waals surface area (Å²) in [6.07, 6.45) is 2.93. The SMILES string of the molecule is CCCCc1c(C)nc(-n2[nH]c(C)c(N=Nc3ccccc3)c2=O)nc1OCC. The number of H-pyrrole nitrogens is 1. The fourth-order valence-electron chi connectivity index (χ4n) is 2.95. The molecule has 0 bridgehead atoms. The van der Waals surface area contributed by atoms with Crippen LogP contribution in [0.25, 0.3) is 5.95 Å². The molecule has 1 N–H and O–H groups in total. The highest BCUT2D eigenvalue weighted by Gasteiger charge is 2.18. The number of ether oxygens (including phenoxy) is 1. The summed E-state index contributed by atoms with van der Waals surface area (Å²) in [5.74, 6) is 0.760. The molecule has 0 spiro atoms. The van der Waals surface area contributed by atoms with E-state index in [2.05, 4.69) is 32.2 Å². The molecule has 1 aromatic carbocycles. The van der Waals surface area contributed by atoms with E-state index in [-0.39, 0.29) is 17.2 Å². The van der Waals surface area contributed by atoms with Crippen molar-refractivity contribution in [3.8, 4) is 11.8 Å². The predicted octanol–water partition coefficient (Wildman–Crippen LogP) is 4.73. The number of aryl methyl sites for hydroxylation is 2. The highest BCUT2D eigenvalue weighted by Crippen LogP contribution is 2.23. The van der Waals surface area contributed by atoms with Crippen molar-refractivity contribution in [3.63, 3.8) is 0 Å². The summed E-state index contributed by atoms with van der Waals surface area (Å²) in [6, 6.07) is 9.26. The zero-order valence-corrected chi connectivity index (χ0v) is 17.3. The third kappa shape index (κ3) is 4.59. The van der Waals surface area contributed by atoms with Crippen molar-refractivity contribution in [2.45, 2.75) is 47.0 Å². The van der Waals surface area contributed by atoms with Gasteiger partial charge in [-0.2, -0.15) is 14.8 Å². The molecule has 0 saturated carbocycles. The first-order valence-corrected chi connectivity index (χ1v) is 9.84. The predicted molar refractivity (Wildman–Crippen MR) is 112 cm³/mol. The van der Waals surface area contributed by atoms with Crippen LogP contribution in [0.5, 0.6) is 5.88 Å². The molecule has 2 aromatic heterocycles. The highest BCUT2D eigenvalue weighted by molar-refractivity contribution is 5.43. The minimum absolute atomic E-state index is 0.225. The summed E-state index contributed by atoms with van der Waals surface area (Å²) in [5, 5.41) is 11.3. The van der Waals surface area contributed by atoms with Gasteiger partial charge in [-0.1, -0.05) is 31.5 Å². The Balaban J connectivity index is 2.01. The first-order valence-electron chi connectivity index (χ1n) is 9.84. The molecule has 8 heteroatoms. The third-order valence-electron chi connectivity index (χ3n) is 4.49. The molecule has 0 radical (unpaired) electrons. The molecule has 0 unspecified atom stereocenters. The van der Waals surface area contributed by atoms with Gasteiger partial charge in [-0.05, 0) is 45.7 Å². The van der Waals surface area contributed by atoms with Gasteiger partial charge in [-0.15, -0.1) is 5.11 Å². The van der Waals surface area contributed by atoms with Gasteiger partial charge in [0.25, 0.3) is 5.95 Å². The van der Waals surface area contributed by atoms with Gasteiger partial charge < -0.3 is 4.74 Å². The molecule has 3 rings (SSSR count). The Morgan fingerprint density at radius 3 is 2.55 bits per heavy atom. The van der Waals surface area contributed by atoms with Crippen LogP contribution >= 0.6 is 0 Å². The van der Waals surface area contributed by atoms with Gasteiger partial charge in [0.15, 0.2) is 5.69 Å². The monoisotopic (exact) mass is 394 g/mol. The number of aromatic amines is 1. The van der Waals surface area contributed by atoms with E-state index in [1.165, 1.54) is 4.68 Å². The molecular weight excluding hydrogens is 368 g/mol. The second-order valence-electron chi connectivity index (χ2n) is 6.69. The van der Waals surface area contributed by atoms with Crippen LogP contribution in [0, 0.1) is 13.8 Å². The maximum absolute atomic E-state index is 12.9. The van der Waals surface area contributed by atoms with Gasteiger partial charge >= 0.3 is 5.56 Å². The molecule has 0 amide bonds. The summed E-state index contributed by atoms with van der Waals surface area (Å²) in [7, 11) is 0. The van der Waals surface area contributed by atoms with Gasteiger partial charge in [-0.25, -0.2) is 4.98 Å². The lowest BCUT2D eigenvalue weighted by Crippen LogP contribution is -2.19. The quantitative estimate of drug-likeness (QED) is 0.559. The number of hydrogen-bond donors (Lipinski definition) is 1. The van der Waals surface area contributed by atoms with Crippen molar-refractivity contribution in [2.24, 2.45) is 10.2 Å². The normalized spacial score (nSPS) is 11.3. The second kappa shape index (κ2) is 9.27. The average Bonchev–Trinajstić information content (AvgIpc) is 3.00. The average molecular weight is 394 g/mol. The van der Waals surface area contributed by atoms with E-state index in [4.69, 9.17) is 4.74 Å². The number of unbranched alkanes of at least 4 members (excludes halogenated alkanes) is 1. The van der Waals surface area contributed by atoms with Crippen LogP contribution in [0.2, 0.25) is 0 Å². The number of nitrogens with one attached hydrogen (secondary N) is 1. The lowest BCUT2D eigenvalue weighted by atomic mass is 10.1. The lowest BCUT2D eigenvalue weighted by molar-refractivity contribution is 0.320. The van der Waals surface area contributed by atoms with Gasteiger partial charge in [0.2, 0.25) is 5.88 Å². The van der Waals surface area contributed by atoms with Crippen LogP contribution in [0.4, 0.5) is 11.4 Å². The van der Waals surface area contributed by atoms with Crippen molar-refractivity contribution in [1.82, 2.24) is 19.7 Å². The molecule has 0 saturated heterocycles. The minimum Gasteiger partial charge on any atom is -0.478 e. The van der Waals surface area contributed by atoms with Gasteiger partial charge in [0.1, 0.15) is 0 Å². The summed E-state index contributed by atoms with van der Waals surface area (Å²) in [5.41, 5.74) is 2.92. The smallest absolute Gasteiger partial charge is 0.301 e. The van der Waals surface area contributed by atoms with E-state index in [1.54, 1.807) is 6.92 Å². The molecule has 0 aliphatic rings. The number of nitrogens with zero attached hydrogens (tertiary/aromatic N) is 5. The van der Waals surface area contributed by atoms with E-state index in [1.807, 2.05) is 44.2 Å². The van der Waals surface area contributed by atoms with Crippen LogP contribution in [0.15, 0.2) is 45.4 Å². The summed E-state index contributed by atoms with van der Waals surface area (Å²) in [4.78, 5) is 22.0. The Bertz CT molecular complexity index is 1050. The van der Waals surface area contributed by atoms with Gasteiger partial charge in [-0.3, -0.25) is 9.89 Å². The van der Waals surface area contributed by atoms with Crippen molar-refractivity contribution in [3.05, 3.63) is 57.6 Å². The van der Waals surface area contributed by atoms with Crippen LogP contribution in [0.3, 0.4) is 0 Å². The van der Waals surface area contributed by atoms with Crippen LogP contribution in [-0.4, -0.2) is 26.4 Å². The largest absolute Gasteiger partial charge is 0.478 e. The van der Waals surface area contributed by atoms with E-state index >= 15 is 0 Å². The summed E-state index contributed by atoms with van der Waals surface area (Å²) >= 11 is 0. The minimum atomic E-state index is -0.356.